The molecule has 0 radical (unpaired) electrons. The molecule has 1 fully saturated rings. The lowest BCUT2D eigenvalue weighted by atomic mass is 10.1. The summed E-state index contributed by atoms with van der Waals surface area (Å²) in [7, 11) is 0. The fraction of sp³-hybridized carbons (Fsp3) is 0.900. The maximum absolute atomic E-state index is 11.3. The third-order valence-electron chi connectivity index (χ3n) is 2.35. The summed E-state index contributed by atoms with van der Waals surface area (Å²) < 4.78 is 5.04. The minimum atomic E-state index is 0.000509. The highest BCUT2D eigenvalue weighted by molar-refractivity contribution is 5.77. The van der Waals surface area contributed by atoms with Gasteiger partial charge >= 0.3 is 0 Å². The van der Waals surface area contributed by atoms with Crippen LogP contribution in [-0.4, -0.2) is 38.3 Å². The monoisotopic (exact) mass is 200 g/mol. The molecule has 1 saturated heterocycles. The van der Waals surface area contributed by atoms with Crippen LogP contribution in [0, 0.1) is 0 Å². The van der Waals surface area contributed by atoms with Gasteiger partial charge in [0.1, 0.15) is 6.61 Å². The van der Waals surface area contributed by atoms with Crippen LogP contribution in [0.25, 0.3) is 0 Å². The maximum Gasteiger partial charge on any atom is 0.246 e. The van der Waals surface area contributed by atoms with E-state index in [1.165, 1.54) is 12.8 Å². The number of hydrogen-bond donors (Lipinski definition) is 2. The van der Waals surface area contributed by atoms with Gasteiger partial charge in [0.15, 0.2) is 0 Å². The molecule has 0 aromatic heterocycles. The Morgan fingerprint density at radius 2 is 2.43 bits per heavy atom. The molecule has 0 saturated carbocycles. The molecule has 1 amide bonds. The van der Waals surface area contributed by atoms with Gasteiger partial charge in [-0.05, 0) is 26.3 Å². The lowest BCUT2D eigenvalue weighted by Gasteiger charge is -2.16. The molecule has 4 nitrogen and oxygen atoms in total. The average molecular weight is 200 g/mol. The maximum atomic E-state index is 11.3. The summed E-state index contributed by atoms with van der Waals surface area (Å²) in [6, 6.07) is 0.283. The van der Waals surface area contributed by atoms with Gasteiger partial charge in [-0.3, -0.25) is 4.79 Å². The molecule has 1 aliphatic heterocycles. The molecule has 1 heterocycles. The first-order valence-electron chi connectivity index (χ1n) is 5.40. The van der Waals surface area contributed by atoms with Crippen LogP contribution in [-0.2, 0) is 9.53 Å². The van der Waals surface area contributed by atoms with Gasteiger partial charge < -0.3 is 15.4 Å². The van der Waals surface area contributed by atoms with Gasteiger partial charge in [-0.1, -0.05) is 6.42 Å². The van der Waals surface area contributed by atoms with Crippen LogP contribution in [0.5, 0.6) is 0 Å². The predicted molar refractivity (Wildman–Crippen MR) is 55.1 cm³/mol. The summed E-state index contributed by atoms with van der Waals surface area (Å²) in [5, 5.41) is 6.27. The van der Waals surface area contributed by atoms with Gasteiger partial charge in [-0.2, -0.15) is 0 Å². The summed E-state index contributed by atoms with van der Waals surface area (Å²) in [4.78, 5) is 11.3. The fourth-order valence-electron chi connectivity index (χ4n) is 1.61. The summed E-state index contributed by atoms with van der Waals surface area (Å²) in [6.07, 6.45) is 3.47. The van der Waals surface area contributed by atoms with Crippen molar-refractivity contribution in [1.29, 1.82) is 0 Å². The van der Waals surface area contributed by atoms with Crippen molar-refractivity contribution in [2.75, 3.05) is 26.3 Å². The third-order valence-corrected chi connectivity index (χ3v) is 2.35. The Kier molecular flexibility index (Phi) is 5.56. The number of nitrogens with one attached hydrogen (secondary N) is 2. The predicted octanol–water partition coefficient (Wildman–Crippen LogP) is 0.281. The molecular weight excluding hydrogens is 180 g/mol. The van der Waals surface area contributed by atoms with Crippen molar-refractivity contribution in [3.8, 4) is 0 Å². The Morgan fingerprint density at radius 3 is 3.21 bits per heavy atom. The van der Waals surface area contributed by atoms with Crippen LogP contribution < -0.4 is 10.6 Å². The normalized spacial score (nSPS) is 22.8. The lowest BCUT2D eigenvalue weighted by Crippen LogP contribution is -2.42. The molecule has 82 valence electrons. The van der Waals surface area contributed by atoms with Crippen LogP contribution in [0.15, 0.2) is 0 Å². The van der Waals surface area contributed by atoms with E-state index in [2.05, 4.69) is 10.6 Å². The van der Waals surface area contributed by atoms with E-state index in [0.717, 1.165) is 19.5 Å². The molecule has 1 rings (SSSR count). The van der Waals surface area contributed by atoms with Crippen molar-refractivity contribution < 1.29 is 9.53 Å². The Morgan fingerprint density at radius 1 is 1.57 bits per heavy atom. The molecule has 1 atom stereocenters. The first-order chi connectivity index (χ1) is 6.83. The zero-order chi connectivity index (χ0) is 10.2. The third kappa shape index (κ3) is 4.58. The molecular formula is C10H20N2O2. The number of ether oxygens (including phenoxy) is 1. The summed E-state index contributed by atoms with van der Waals surface area (Å²) in [5.74, 6) is 0.000509. The van der Waals surface area contributed by atoms with Gasteiger partial charge in [0.2, 0.25) is 5.91 Å². The van der Waals surface area contributed by atoms with E-state index in [9.17, 15) is 4.79 Å². The molecule has 0 bridgehead atoms. The summed E-state index contributed by atoms with van der Waals surface area (Å²) >= 11 is 0. The van der Waals surface area contributed by atoms with Crippen molar-refractivity contribution >= 4 is 5.91 Å². The fourth-order valence-corrected chi connectivity index (χ4v) is 1.61. The number of amides is 1. The standard InChI is InChI=1S/C10H20N2O2/c1-2-14-8-10(13)12-9-5-3-4-6-11-7-9/h9,11H,2-8H2,1H3,(H,12,13). The van der Waals surface area contributed by atoms with Gasteiger partial charge in [0.25, 0.3) is 0 Å². The molecule has 2 N–H and O–H groups in total. The Labute approximate surface area is 85.4 Å². The average Bonchev–Trinajstić information content (AvgIpc) is 2.43. The Balaban J connectivity index is 2.17. The van der Waals surface area contributed by atoms with E-state index in [0.29, 0.717) is 6.61 Å². The Bertz CT molecular complexity index is 166. The van der Waals surface area contributed by atoms with Gasteiger partial charge in [0, 0.05) is 19.2 Å². The molecule has 1 unspecified atom stereocenters. The smallest absolute Gasteiger partial charge is 0.246 e. The number of hydrogen-bond acceptors (Lipinski definition) is 3. The molecule has 4 heteroatoms. The minimum absolute atomic E-state index is 0.000509. The molecule has 0 aromatic carbocycles. The van der Waals surface area contributed by atoms with Crippen molar-refractivity contribution in [2.45, 2.75) is 32.2 Å². The first kappa shape index (κ1) is 11.5. The Hall–Kier alpha value is -0.610. The van der Waals surface area contributed by atoms with E-state index in [-0.39, 0.29) is 18.6 Å². The second-order valence-corrected chi connectivity index (χ2v) is 3.60. The van der Waals surface area contributed by atoms with Gasteiger partial charge in [-0.25, -0.2) is 0 Å². The highest BCUT2D eigenvalue weighted by Crippen LogP contribution is 2.03. The second-order valence-electron chi connectivity index (χ2n) is 3.60. The minimum Gasteiger partial charge on any atom is -0.372 e. The topological polar surface area (TPSA) is 50.4 Å². The number of rotatable bonds is 4. The molecule has 0 aliphatic carbocycles. The van der Waals surface area contributed by atoms with Crippen LogP contribution in [0.4, 0.5) is 0 Å². The molecule has 0 spiro atoms. The van der Waals surface area contributed by atoms with Crippen LogP contribution in [0.1, 0.15) is 26.2 Å². The summed E-state index contributed by atoms with van der Waals surface area (Å²) in [6.45, 7) is 4.62. The van der Waals surface area contributed by atoms with E-state index < -0.39 is 0 Å². The van der Waals surface area contributed by atoms with E-state index in [1.807, 2.05) is 6.92 Å². The van der Waals surface area contributed by atoms with Crippen molar-refractivity contribution in [2.24, 2.45) is 0 Å². The van der Waals surface area contributed by atoms with Crippen molar-refractivity contribution in [3.05, 3.63) is 0 Å². The number of carbonyl (C=O) groups excluding carboxylic acids is 1. The largest absolute Gasteiger partial charge is 0.372 e. The molecule has 14 heavy (non-hydrogen) atoms. The zero-order valence-corrected chi connectivity index (χ0v) is 8.84. The molecule has 0 aromatic rings. The van der Waals surface area contributed by atoms with E-state index in [4.69, 9.17) is 4.74 Å². The van der Waals surface area contributed by atoms with E-state index in [1.54, 1.807) is 0 Å². The second kappa shape index (κ2) is 6.79. The van der Waals surface area contributed by atoms with Crippen LogP contribution in [0.3, 0.4) is 0 Å². The van der Waals surface area contributed by atoms with E-state index >= 15 is 0 Å². The first-order valence-corrected chi connectivity index (χ1v) is 5.40. The zero-order valence-electron chi connectivity index (χ0n) is 8.84. The number of carbonyl (C=O) groups is 1. The highest BCUT2D eigenvalue weighted by Gasteiger charge is 2.13. The van der Waals surface area contributed by atoms with Gasteiger partial charge in [-0.15, -0.1) is 0 Å². The highest BCUT2D eigenvalue weighted by atomic mass is 16.5. The lowest BCUT2D eigenvalue weighted by molar-refractivity contribution is -0.126. The quantitative estimate of drug-likeness (QED) is 0.685. The SMILES string of the molecule is CCOCC(=O)NC1CCCCNC1. The molecule has 1 aliphatic rings. The van der Waals surface area contributed by atoms with Crippen molar-refractivity contribution in [1.82, 2.24) is 10.6 Å². The van der Waals surface area contributed by atoms with Crippen LogP contribution in [0.2, 0.25) is 0 Å². The van der Waals surface area contributed by atoms with Crippen molar-refractivity contribution in [3.63, 3.8) is 0 Å². The van der Waals surface area contributed by atoms with Gasteiger partial charge in [0.05, 0.1) is 0 Å². The summed E-state index contributed by atoms with van der Waals surface area (Å²) in [5.41, 5.74) is 0. The van der Waals surface area contributed by atoms with Crippen LogP contribution >= 0.6 is 0 Å².